The summed E-state index contributed by atoms with van der Waals surface area (Å²) in [5.41, 5.74) is 0. The molecule has 3 atom stereocenters. The molecule has 20 heavy (non-hydrogen) atoms. The Balaban J connectivity index is 2.75. The third-order valence-electron chi connectivity index (χ3n) is 3.26. The molecular formula is C11H18F3NO4S. The molecule has 0 aromatic carbocycles. The molecule has 1 aliphatic carbocycles. The molecule has 0 aliphatic heterocycles. The lowest BCUT2D eigenvalue weighted by Gasteiger charge is -2.22. The van der Waals surface area contributed by atoms with Gasteiger partial charge in [0.05, 0.1) is 24.7 Å². The van der Waals surface area contributed by atoms with Gasteiger partial charge in [0.25, 0.3) is 0 Å². The highest BCUT2D eigenvalue weighted by Gasteiger charge is 2.43. The highest BCUT2D eigenvalue weighted by Crippen LogP contribution is 2.32. The van der Waals surface area contributed by atoms with E-state index >= 15 is 0 Å². The smallest absolute Gasteiger partial charge is 0.390 e. The van der Waals surface area contributed by atoms with Crippen LogP contribution in [0.15, 0.2) is 0 Å². The molecule has 0 amide bonds. The predicted molar refractivity (Wildman–Crippen MR) is 65.3 cm³/mol. The molecule has 1 N–H and O–H groups in total. The number of rotatable bonds is 5. The number of nitrogens with one attached hydrogen (secondary N) is 1. The maximum absolute atomic E-state index is 12.2. The quantitative estimate of drug-likeness (QED) is 0.782. The van der Waals surface area contributed by atoms with Crippen LogP contribution in [0.25, 0.3) is 0 Å². The standard InChI is InChI=1S/C11H18F3NO4S/c1-7(6-11(12,13)14)15-20(17,18)9-5-3-4-8(9)10(16)19-2/h7-9,15H,3-6H2,1-2H3. The van der Waals surface area contributed by atoms with Gasteiger partial charge < -0.3 is 4.74 Å². The highest BCUT2D eigenvalue weighted by molar-refractivity contribution is 7.90. The zero-order valence-electron chi connectivity index (χ0n) is 11.2. The van der Waals surface area contributed by atoms with Gasteiger partial charge in [-0.15, -0.1) is 0 Å². The van der Waals surface area contributed by atoms with Crippen molar-refractivity contribution >= 4 is 16.0 Å². The van der Waals surface area contributed by atoms with E-state index in [9.17, 15) is 26.4 Å². The predicted octanol–water partition coefficient (Wildman–Crippen LogP) is 1.59. The first-order valence-corrected chi connectivity index (χ1v) is 7.77. The molecule has 1 rings (SSSR count). The van der Waals surface area contributed by atoms with Gasteiger partial charge in [-0.3, -0.25) is 4.79 Å². The monoisotopic (exact) mass is 317 g/mol. The van der Waals surface area contributed by atoms with Gasteiger partial charge >= 0.3 is 12.1 Å². The molecule has 0 aromatic rings. The number of hydrogen-bond donors (Lipinski definition) is 1. The van der Waals surface area contributed by atoms with Gasteiger partial charge in [-0.25, -0.2) is 13.1 Å². The van der Waals surface area contributed by atoms with E-state index in [0.29, 0.717) is 12.8 Å². The van der Waals surface area contributed by atoms with Crippen LogP contribution in [0.5, 0.6) is 0 Å². The average molecular weight is 317 g/mol. The van der Waals surface area contributed by atoms with E-state index in [2.05, 4.69) is 4.74 Å². The van der Waals surface area contributed by atoms with Crippen molar-refractivity contribution in [3.05, 3.63) is 0 Å². The number of methoxy groups -OCH3 is 1. The second-order valence-electron chi connectivity index (χ2n) is 4.98. The molecule has 0 bridgehead atoms. The number of carbonyl (C=O) groups excluding carboxylic acids is 1. The van der Waals surface area contributed by atoms with E-state index in [1.165, 1.54) is 0 Å². The molecular weight excluding hydrogens is 299 g/mol. The summed E-state index contributed by atoms with van der Waals surface area (Å²) < 4.78 is 67.3. The first kappa shape index (κ1) is 17.2. The largest absolute Gasteiger partial charge is 0.469 e. The summed E-state index contributed by atoms with van der Waals surface area (Å²) in [6.45, 7) is 1.15. The fourth-order valence-corrected chi connectivity index (χ4v) is 4.45. The lowest BCUT2D eigenvalue weighted by atomic mass is 10.1. The Morgan fingerprint density at radius 1 is 1.40 bits per heavy atom. The Morgan fingerprint density at radius 2 is 2.00 bits per heavy atom. The van der Waals surface area contributed by atoms with Crippen LogP contribution in [0.2, 0.25) is 0 Å². The third kappa shape index (κ3) is 4.62. The summed E-state index contributed by atoms with van der Waals surface area (Å²) >= 11 is 0. The van der Waals surface area contributed by atoms with Gasteiger partial charge in [-0.05, 0) is 19.8 Å². The van der Waals surface area contributed by atoms with Gasteiger partial charge in [0.2, 0.25) is 10.0 Å². The van der Waals surface area contributed by atoms with E-state index < -0.39 is 45.8 Å². The molecule has 0 saturated heterocycles. The lowest BCUT2D eigenvalue weighted by molar-refractivity contribution is -0.145. The van der Waals surface area contributed by atoms with Gasteiger partial charge in [-0.2, -0.15) is 13.2 Å². The van der Waals surface area contributed by atoms with Crippen LogP contribution < -0.4 is 4.72 Å². The second kappa shape index (κ2) is 6.30. The van der Waals surface area contributed by atoms with E-state index in [-0.39, 0.29) is 6.42 Å². The van der Waals surface area contributed by atoms with Crippen molar-refractivity contribution in [1.29, 1.82) is 0 Å². The van der Waals surface area contributed by atoms with Gasteiger partial charge in [0.15, 0.2) is 0 Å². The van der Waals surface area contributed by atoms with Crippen molar-refractivity contribution in [1.82, 2.24) is 4.72 Å². The molecule has 0 aromatic heterocycles. The lowest BCUT2D eigenvalue weighted by Crippen LogP contribution is -2.44. The van der Waals surface area contributed by atoms with Crippen LogP contribution in [0.3, 0.4) is 0 Å². The summed E-state index contributed by atoms with van der Waals surface area (Å²) in [6.07, 6.45) is -4.56. The summed E-state index contributed by atoms with van der Waals surface area (Å²) in [5, 5.41) is -1.02. The van der Waals surface area contributed by atoms with Gasteiger partial charge in [-0.1, -0.05) is 6.42 Å². The molecule has 1 aliphatic rings. The van der Waals surface area contributed by atoms with Crippen LogP contribution >= 0.6 is 0 Å². The summed E-state index contributed by atoms with van der Waals surface area (Å²) in [6, 6.07) is -1.26. The maximum Gasteiger partial charge on any atom is 0.390 e. The molecule has 0 radical (unpaired) electrons. The Kier molecular flexibility index (Phi) is 5.42. The molecule has 5 nitrogen and oxygen atoms in total. The van der Waals surface area contributed by atoms with Crippen LogP contribution in [0.1, 0.15) is 32.6 Å². The van der Waals surface area contributed by atoms with Gasteiger partial charge in [0, 0.05) is 6.04 Å². The molecule has 0 spiro atoms. The normalized spacial score (nSPS) is 25.4. The third-order valence-corrected chi connectivity index (χ3v) is 5.35. The van der Waals surface area contributed by atoms with Crippen LogP contribution in [0, 0.1) is 5.92 Å². The van der Waals surface area contributed by atoms with E-state index in [4.69, 9.17) is 0 Å². The van der Waals surface area contributed by atoms with Crippen molar-refractivity contribution in [2.45, 2.75) is 50.1 Å². The highest BCUT2D eigenvalue weighted by atomic mass is 32.2. The molecule has 1 saturated carbocycles. The first-order chi connectivity index (χ1) is 9.07. The molecule has 118 valence electrons. The fourth-order valence-electron chi connectivity index (χ4n) is 2.48. The number of carbonyl (C=O) groups is 1. The first-order valence-electron chi connectivity index (χ1n) is 6.22. The van der Waals surface area contributed by atoms with E-state index in [1.54, 1.807) is 0 Å². The number of sulfonamides is 1. The van der Waals surface area contributed by atoms with Gasteiger partial charge in [0.1, 0.15) is 0 Å². The van der Waals surface area contributed by atoms with Crippen molar-refractivity contribution < 1.29 is 31.1 Å². The van der Waals surface area contributed by atoms with Crippen molar-refractivity contribution in [3.8, 4) is 0 Å². The van der Waals surface area contributed by atoms with Crippen molar-refractivity contribution in [2.24, 2.45) is 5.92 Å². The summed E-state index contributed by atoms with van der Waals surface area (Å²) in [5.74, 6) is -1.45. The molecule has 1 fully saturated rings. The summed E-state index contributed by atoms with van der Waals surface area (Å²) in [7, 11) is -2.83. The van der Waals surface area contributed by atoms with Crippen LogP contribution in [-0.2, 0) is 19.6 Å². The second-order valence-corrected chi connectivity index (χ2v) is 6.91. The fraction of sp³-hybridized carbons (Fsp3) is 0.909. The molecule has 9 heteroatoms. The minimum atomic E-state index is -4.45. The Labute approximate surface area is 115 Å². The summed E-state index contributed by atoms with van der Waals surface area (Å²) in [4.78, 5) is 11.5. The zero-order chi connectivity index (χ0) is 15.6. The number of alkyl halides is 3. The molecule has 3 unspecified atom stereocenters. The number of esters is 1. The zero-order valence-corrected chi connectivity index (χ0v) is 12.1. The molecule has 0 heterocycles. The minimum Gasteiger partial charge on any atom is -0.469 e. The Morgan fingerprint density at radius 3 is 2.50 bits per heavy atom. The van der Waals surface area contributed by atoms with Crippen LogP contribution in [0.4, 0.5) is 13.2 Å². The number of hydrogen-bond acceptors (Lipinski definition) is 4. The Hall–Kier alpha value is -0.830. The number of halogens is 3. The van der Waals surface area contributed by atoms with Crippen molar-refractivity contribution in [2.75, 3.05) is 7.11 Å². The van der Waals surface area contributed by atoms with E-state index in [1.807, 2.05) is 4.72 Å². The van der Waals surface area contributed by atoms with Crippen LogP contribution in [-0.4, -0.2) is 39.0 Å². The Bertz CT molecular complexity index is 449. The maximum atomic E-state index is 12.2. The van der Waals surface area contributed by atoms with E-state index in [0.717, 1.165) is 14.0 Å². The SMILES string of the molecule is COC(=O)C1CCCC1S(=O)(=O)NC(C)CC(F)(F)F. The minimum absolute atomic E-state index is 0.244. The van der Waals surface area contributed by atoms with Crippen molar-refractivity contribution in [3.63, 3.8) is 0 Å². The topological polar surface area (TPSA) is 72.5 Å². The average Bonchev–Trinajstić information content (AvgIpc) is 2.73. The number of ether oxygens (including phenoxy) is 1.